The summed E-state index contributed by atoms with van der Waals surface area (Å²) in [6.45, 7) is 7.11. The Morgan fingerprint density at radius 1 is 1.17 bits per heavy atom. The molecule has 1 amide bonds. The first-order valence-corrected chi connectivity index (χ1v) is 9.55. The summed E-state index contributed by atoms with van der Waals surface area (Å²) in [6.07, 6.45) is -1.03. The maximum Gasteiger partial charge on any atom is 0.355 e. The van der Waals surface area contributed by atoms with E-state index in [9.17, 15) is 14.4 Å². The highest BCUT2D eigenvalue weighted by Gasteiger charge is 2.26. The van der Waals surface area contributed by atoms with E-state index in [0.29, 0.717) is 28.3 Å². The Morgan fingerprint density at radius 2 is 1.90 bits per heavy atom. The average molecular weight is 416 g/mol. The van der Waals surface area contributed by atoms with Gasteiger partial charge in [0.15, 0.2) is 17.6 Å². The summed E-state index contributed by atoms with van der Waals surface area (Å²) in [6, 6.07) is 5.36. The molecule has 1 aromatic carbocycles. The van der Waals surface area contributed by atoms with Gasteiger partial charge >= 0.3 is 11.9 Å². The molecule has 0 fully saturated rings. The number of nitrogens with one attached hydrogen (secondary N) is 2. The Hall–Kier alpha value is -3.49. The highest BCUT2D eigenvalue weighted by Crippen LogP contribution is 2.32. The van der Waals surface area contributed by atoms with Crippen molar-refractivity contribution < 1.29 is 33.3 Å². The molecule has 0 aliphatic carbocycles. The van der Waals surface area contributed by atoms with Crippen molar-refractivity contribution in [3.05, 3.63) is 46.3 Å². The van der Waals surface area contributed by atoms with E-state index in [0.717, 1.165) is 5.56 Å². The molecule has 1 aromatic heterocycles. The molecule has 0 radical (unpaired) electrons. The molecule has 0 spiro atoms. The van der Waals surface area contributed by atoms with E-state index in [4.69, 9.17) is 18.9 Å². The van der Waals surface area contributed by atoms with E-state index >= 15 is 0 Å². The summed E-state index contributed by atoms with van der Waals surface area (Å²) in [5, 5.41) is 2.72. The highest BCUT2D eigenvalue weighted by atomic mass is 16.7. The molecule has 2 N–H and O–H groups in total. The minimum atomic E-state index is -1.03. The molecule has 0 saturated heterocycles. The maximum atomic E-state index is 12.5. The van der Waals surface area contributed by atoms with Gasteiger partial charge in [-0.05, 0) is 51.0 Å². The number of hydrogen-bond acceptors (Lipinski definition) is 7. The molecule has 9 heteroatoms. The minimum Gasteiger partial charge on any atom is -0.462 e. The fourth-order valence-corrected chi connectivity index (χ4v) is 3.12. The number of carbonyl (C=O) groups excluding carboxylic acids is 3. The second kappa shape index (κ2) is 8.89. The first-order chi connectivity index (χ1) is 14.3. The van der Waals surface area contributed by atoms with Crippen LogP contribution in [0.25, 0.3) is 0 Å². The Balaban J connectivity index is 1.59. The number of fused-ring (bicyclic) bond motifs is 1. The Kier molecular flexibility index (Phi) is 6.29. The summed E-state index contributed by atoms with van der Waals surface area (Å²) in [5.74, 6) is -0.413. The van der Waals surface area contributed by atoms with Crippen molar-refractivity contribution in [3.63, 3.8) is 0 Å². The van der Waals surface area contributed by atoms with E-state index in [1.54, 1.807) is 32.9 Å². The van der Waals surface area contributed by atoms with E-state index in [1.165, 1.54) is 6.92 Å². The van der Waals surface area contributed by atoms with Gasteiger partial charge in [-0.2, -0.15) is 0 Å². The van der Waals surface area contributed by atoms with Gasteiger partial charge < -0.3 is 29.2 Å². The smallest absolute Gasteiger partial charge is 0.355 e. The predicted molar refractivity (Wildman–Crippen MR) is 106 cm³/mol. The fraction of sp³-hybridized carbons (Fsp3) is 0.381. The van der Waals surface area contributed by atoms with Crippen LogP contribution in [0.3, 0.4) is 0 Å². The highest BCUT2D eigenvalue weighted by molar-refractivity contribution is 5.99. The second-order valence-electron chi connectivity index (χ2n) is 6.80. The van der Waals surface area contributed by atoms with Gasteiger partial charge in [-0.25, -0.2) is 9.59 Å². The number of rotatable bonds is 7. The van der Waals surface area contributed by atoms with Crippen molar-refractivity contribution in [1.82, 2.24) is 10.3 Å². The molecule has 0 unspecified atom stereocenters. The monoisotopic (exact) mass is 416 g/mol. The van der Waals surface area contributed by atoms with Crippen LogP contribution in [0, 0.1) is 13.8 Å². The number of carbonyl (C=O) groups is 3. The third-order valence-corrected chi connectivity index (χ3v) is 4.68. The van der Waals surface area contributed by atoms with Crippen molar-refractivity contribution in [2.75, 3.05) is 13.4 Å². The molecular formula is C21H24N2O7. The minimum absolute atomic E-state index is 0.117. The molecule has 1 atom stereocenters. The first kappa shape index (κ1) is 21.2. The molecule has 2 aromatic rings. The molecule has 0 bridgehead atoms. The second-order valence-corrected chi connectivity index (χ2v) is 6.80. The fourth-order valence-electron chi connectivity index (χ4n) is 3.12. The number of ether oxygens (including phenoxy) is 4. The number of amides is 1. The van der Waals surface area contributed by atoms with Crippen molar-refractivity contribution in [2.24, 2.45) is 0 Å². The Morgan fingerprint density at radius 3 is 2.63 bits per heavy atom. The van der Waals surface area contributed by atoms with Gasteiger partial charge in [0.1, 0.15) is 5.69 Å². The van der Waals surface area contributed by atoms with Crippen molar-refractivity contribution in [3.8, 4) is 11.5 Å². The molecule has 1 aliphatic heterocycles. The van der Waals surface area contributed by atoms with E-state index in [2.05, 4.69) is 10.3 Å². The van der Waals surface area contributed by atoms with E-state index < -0.39 is 23.9 Å². The third kappa shape index (κ3) is 4.40. The van der Waals surface area contributed by atoms with Crippen LogP contribution < -0.4 is 14.8 Å². The largest absolute Gasteiger partial charge is 0.462 e. The van der Waals surface area contributed by atoms with Crippen LogP contribution in [0.15, 0.2) is 18.2 Å². The first-order valence-electron chi connectivity index (χ1n) is 9.55. The number of aromatic nitrogens is 1. The summed E-state index contributed by atoms with van der Waals surface area (Å²) < 4.78 is 20.8. The Bertz CT molecular complexity index is 980. The van der Waals surface area contributed by atoms with Gasteiger partial charge in [-0.15, -0.1) is 0 Å². The lowest BCUT2D eigenvalue weighted by atomic mass is 10.1. The van der Waals surface area contributed by atoms with Crippen LogP contribution in [-0.2, 0) is 20.8 Å². The van der Waals surface area contributed by atoms with E-state index in [1.807, 2.05) is 6.07 Å². The molecule has 2 heterocycles. The Labute approximate surface area is 173 Å². The van der Waals surface area contributed by atoms with Gasteiger partial charge in [-0.3, -0.25) is 4.79 Å². The topological polar surface area (TPSA) is 116 Å². The maximum absolute atomic E-state index is 12.5. The number of hydrogen-bond donors (Lipinski definition) is 2. The molecule has 0 saturated carbocycles. The van der Waals surface area contributed by atoms with Gasteiger partial charge in [0.2, 0.25) is 6.79 Å². The van der Waals surface area contributed by atoms with Gasteiger partial charge in [0, 0.05) is 12.2 Å². The van der Waals surface area contributed by atoms with Gasteiger partial charge in [0.05, 0.1) is 12.2 Å². The van der Waals surface area contributed by atoms with Crippen LogP contribution >= 0.6 is 0 Å². The molecule has 30 heavy (non-hydrogen) atoms. The van der Waals surface area contributed by atoms with Crippen molar-refractivity contribution in [2.45, 2.75) is 40.3 Å². The standard InChI is InChI=1S/C21H24N2O7/c1-5-27-20(25)17-11(2)18(23-12(17)3)21(26)30-13(4)19(24)22-9-14-6-7-15-16(8-14)29-10-28-15/h6-8,13,23H,5,9-10H2,1-4H3,(H,22,24)/t13-/m0/s1. The van der Waals surface area contributed by atoms with Crippen LogP contribution in [0.4, 0.5) is 0 Å². The van der Waals surface area contributed by atoms with Gasteiger partial charge in [0.25, 0.3) is 5.91 Å². The number of aryl methyl sites for hydroxylation is 1. The lowest BCUT2D eigenvalue weighted by Crippen LogP contribution is -2.35. The van der Waals surface area contributed by atoms with Gasteiger partial charge in [-0.1, -0.05) is 6.07 Å². The molecular weight excluding hydrogens is 392 g/mol. The van der Waals surface area contributed by atoms with Crippen LogP contribution in [0.2, 0.25) is 0 Å². The average Bonchev–Trinajstić information content (AvgIpc) is 3.29. The van der Waals surface area contributed by atoms with Crippen LogP contribution in [-0.4, -0.2) is 42.3 Å². The summed E-state index contributed by atoms with van der Waals surface area (Å²) >= 11 is 0. The van der Waals surface area contributed by atoms with Crippen LogP contribution in [0.1, 0.15) is 51.5 Å². The number of aromatic amines is 1. The predicted octanol–water partition coefficient (Wildman–Crippen LogP) is 2.40. The third-order valence-electron chi connectivity index (χ3n) is 4.68. The number of benzene rings is 1. The lowest BCUT2D eigenvalue weighted by molar-refractivity contribution is -0.129. The normalized spacial score (nSPS) is 12.9. The summed E-state index contributed by atoms with van der Waals surface area (Å²) in [4.78, 5) is 39.8. The van der Waals surface area contributed by atoms with Crippen LogP contribution in [0.5, 0.6) is 11.5 Å². The number of H-pyrrole nitrogens is 1. The number of esters is 2. The summed E-state index contributed by atoms with van der Waals surface area (Å²) in [7, 11) is 0. The molecule has 9 nitrogen and oxygen atoms in total. The van der Waals surface area contributed by atoms with E-state index in [-0.39, 0.29) is 25.6 Å². The molecule has 160 valence electrons. The quantitative estimate of drug-likeness (QED) is 0.666. The zero-order valence-corrected chi connectivity index (χ0v) is 17.3. The summed E-state index contributed by atoms with van der Waals surface area (Å²) in [5.41, 5.74) is 2.15. The zero-order valence-electron chi connectivity index (χ0n) is 17.3. The SMILES string of the molecule is CCOC(=O)c1c(C)[nH]c(C(=O)O[C@@H](C)C(=O)NCc2ccc3c(c2)OCO3)c1C. The van der Waals surface area contributed by atoms with Crippen molar-refractivity contribution in [1.29, 1.82) is 0 Å². The van der Waals surface area contributed by atoms with Crippen molar-refractivity contribution >= 4 is 17.8 Å². The lowest BCUT2D eigenvalue weighted by Gasteiger charge is -2.13. The zero-order chi connectivity index (χ0) is 21.8. The molecule has 1 aliphatic rings. The molecule has 3 rings (SSSR count).